The summed E-state index contributed by atoms with van der Waals surface area (Å²) in [6.45, 7) is 8.93. The van der Waals surface area contributed by atoms with Gasteiger partial charge in [-0.1, -0.05) is 13.8 Å². The third kappa shape index (κ3) is 5.59. The van der Waals surface area contributed by atoms with Gasteiger partial charge in [0, 0.05) is 18.6 Å². The van der Waals surface area contributed by atoms with Crippen molar-refractivity contribution in [2.45, 2.75) is 83.3 Å². The molecule has 0 radical (unpaired) electrons. The van der Waals surface area contributed by atoms with Gasteiger partial charge in [-0.05, 0) is 64.3 Å². The number of nitrogens with two attached hydrogens (primary N) is 1. The van der Waals surface area contributed by atoms with Gasteiger partial charge in [-0.15, -0.1) is 0 Å². The molecule has 0 aromatic rings. The zero-order valence-corrected chi connectivity index (χ0v) is 14.0. The van der Waals surface area contributed by atoms with E-state index in [0.29, 0.717) is 6.04 Å². The molecule has 1 unspecified atom stereocenters. The maximum Gasteiger partial charge on any atom is 0.237 e. The second kappa shape index (κ2) is 7.10. The zero-order chi connectivity index (χ0) is 15.5. The topological polar surface area (TPSA) is 58.4 Å². The average Bonchev–Trinajstić information content (AvgIpc) is 3.24. The molecule has 0 aromatic carbocycles. The molecule has 2 rings (SSSR count). The van der Waals surface area contributed by atoms with Crippen LogP contribution >= 0.6 is 0 Å². The Bertz CT molecular complexity index is 350. The number of primary amides is 1. The first-order valence-corrected chi connectivity index (χ1v) is 8.72. The first-order valence-electron chi connectivity index (χ1n) is 8.72. The molecule has 1 atom stereocenters. The second-order valence-electron chi connectivity index (χ2n) is 7.69. The fourth-order valence-electron chi connectivity index (χ4n) is 3.07. The number of nitrogens with zero attached hydrogens (tertiary/aromatic N) is 1. The predicted octanol–water partition coefficient (Wildman–Crippen LogP) is 2.27. The summed E-state index contributed by atoms with van der Waals surface area (Å²) in [5.41, 5.74) is 5.09. The minimum atomic E-state index is -0.510. The summed E-state index contributed by atoms with van der Waals surface area (Å²) < 4.78 is 0. The van der Waals surface area contributed by atoms with Crippen LogP contribution in [0.5, 0.6) is 0 Å². The lowest BCUT2D eigenvalue weighted by atomic mass is 9.93. The van der Waals surface area contributed by atoms with E-state index in [2.05, 4.69) is 24.1 Å². The number of hydrogen-bond acceptors (Lipinski definition) is 3. The lowest BCUT2D eigenvalue weighted by molar-refractivity contribution is -0.124. The molecule has 2 aliphatic rings. The lowest BCUT2D eigenvalue weighted by Gasteiger charge is -2.29. The van der Waals surface area contributed by atoms with Crippen LogP contribution in [0.2, 0.25) is 0 Å². The molecule has 0 spiro atoms. The molecule has 2 saturated carbocycles. The summed E-state index contributed by atoms with van der Waals surface area (Å²) in [6.07, 6.45) is 8.21. The lowest BCUT2D eigenvalue weighted by Crippen LogP contribution is -2.54. The van der Waals surface area contributed by atoms with Crippen molar-refractivity contribution in [3.8, 4) is 0 Å². The molecule has 0 aliphatic heterocycles. The van der Waals surface area contributed by atoms with E-state index in [9.17, 15) is 4.79 Å². The highest BCUT2D eigenvalue weighted by atomic mass is 16.1. The van der Waals surface area contributed by atoms with Gasteiger partial charge < -0.3 is 16.0 Å². The van der Waals surface area contributed by atoms with Gasteiger partial charge >= 0.3 is 0 Å². The van der Waals surface area contributed by atoms with Gasteiger partial charge in [0.1, 0.15) is 0 Å². The second-order valence-corrected chi connectivity index (χ2v) is 7.69. The van der Waals surface area contributed by atoms with Gasteiger partial charge in [0.2, 0.25) is 5.91 Å². The molecule has 3 N–H and O–H groups in total. The van der Waals surface area contributed by atoms with Gasteiger partial charge in [-0.25, -0.2) is 0 Å². The van der Waals surface area contributed by atoms with Crippen LogP contribution in [0.25, 0.3) is 0 Å². The molecule has 122 valence electrons. The Hall–Kier alpha value is -0.610. The van der Waals surface area contributed by atoms with Crippen molar-refractivity contribution in [2.24, 2.45) is 11.7 Å². The monoisotopic (exact) mass is 295 g/mol. The molecule has 4 heteroatoms. The minimum Gasteiger partial charge on any atom is -0.368 e. The molecule has 1 amide bonds. The Morgan fingerprint density at radius 2 is 1.95 bits per heavy atom. The van der Waals surface area contributed by atoms with Crippen LogP contribution in [0.4, 0.5) is 0 Å². The standard InChI is InChI=1S/C17H33N3O/c1-13(2)12-20(15-8-9-15)11-5-4-10-17(3,16(18)21)19-14-6-7-14/h13-15,19H,4-12H2,1-3H3,(H2,18,21). The van der Waals surface area contributed by atoms with E-state index in [4.69, 9.17) is 5.73 Å². The van der Waals surface area contributed by atoms with Crippen LogP contribution in [0.1, 0.15) is 65.7 Å². The molecule has 0 heterocycles. The summed E-state index contributed by atoms with van der Waals surface area (Å²) in [5, 5.41) is 3.43. The van der Waals surface area contributed by atoms with E-state index in [-0.39, 0.29) is 5.91 Å². The molecule has 0 aromatic heterocycles. The largest absolute Gasteiger partial charge is 0.368 e. The fourth-order valence-corrected chi connectivity index (χ4v) is 3.07. The van der Waals surface area contributed by atoms with Gasteiger partial charge in [-0.2, -0.15) is 0 Å². The average molecular weight is 295 g/mol. The van der Waals surface area contributed by atoms with Crippen molar-refractivity contribution in [2.75, 3.05) is 13.1 Å². The molecule has 21 heavy (non-hydrogen) atoms. The highest BCUT2D eigenvalue weighted by molar-refractivity contribution is 5.84. The maximum atomic E-state index is 11.7. The third-order valence-electron chi connectivity index (χ3n) is 4.68. The first kappa shape index (κ1) is 16.8. The Balaban J connectivity index is 1.69. The van der Waals surface area contributed by atoms with Crippen molar-refractivity contribution < 1.29 is 4.79 Å². The Morgan fingerprint density at radius 3 is 2.43 bits per heavy atom. The molecular formula is C17H33N3O. The number of amides is 1. The summed E-state index contributed by atoms with van der Waals surface area (Å²) in [5.74, 6) is 0.536. The summed E-state index contributed by atoms with van der Waals surface area (Å²) in [4.78, 5) is 14.4. The predicted molar refractivity (Wildman–Crippen MR) is 87.0 cm³/mol. The van der Waals surface area contributed by atoms with Gasteiger partial charge in [0.05, 0.1) is 5.54 Å². The number of carbonyl (C=O) groups excluding carboxylic acids is 1. The molecule has 0 saturated heterocycles. The van der Waals surface area contributed by atoms with Crippen LogP contribution in [0, 0.1) is 5.92 Å². The first-order chi connectivity index (χ1) is 9.90. The Labute approximate surface area is 129 Å². The van der Waals surface area contributed by atoms with E-state index < -0.39 is 5.54 Å². The van der Waals surface area contributed by atoms with E-state index >= 15 is 0 Å². The minimum absolute atomic E-state index is 0.198. The molecule has 0 bridgehead atoms. The van der Waals surface area contributed by atoms with Crippen LogP contribution in [0.3, 0.4) is 0 Å². The highest BCUT2D eigenvalue weighted by Gasteiger charge is 2.36. The number of nitrogens with one attached hydrogen (secondary N) is 1. The van der Waals surface area contributed by atoms with E-state index in [0.717, 1.165) is 24.8 Å². The van der Waals surface area contributed by atoms with Crippen molar-refractivity contribution >= 4 is 5.91 Å². The van der Waals surface area contributed by atoms with E-state index in [1.807, 2.05) is 6.92 Å². The molecule has 4 nitrogen and oxygen atoms in total. The van der Waals surface area contributed by atoms with Crippen molar-refractivity contribution in [1.29, 1.82) is 0 Å². The van der Waals surface area contributed by atoms with Crippen LogP contribution in [0.15, 0.2) is 0 Å². The SMILES string of the molecule is CC(C)CN(CCCCC(C)(NC1CC1)C(N)=O)C1CC1. The van der Waals surface area contributed by atoms with Gasteiger partial charge in [0.25, 0.3) is 0 Å². The number of hydrogen-bond donors (Lipinski definition) is 2. The Morgan fingerprint density at radius 1 is 1.29 bits per heavy atom. The van der Waals surface area contributed by atoms with Crippen LogP contribution in [-0.2, 0) is 4.79 Å². The number of unbranched alkanes of at least 4 members (excludes halogenated alkanes) is 1. The number of rotatable bonds is 11. The highest BCUT2D eigenvalue weighted by Crippen LogP contribution is 2.28. The summed E-state index contributed by atoms with van der Waals surface area (Å²) in [7, 11) is 0. The number of carbonyl (C=O) groups is 1. The smallest absolute Gasteiger partial charge is 0.237 e. The molecular weight excluding hydrogens is 262 g/mol. The van der Waals surface area contributed by atoms with Crippen molar-refractivity contribution in [1.82, 2.24) is 10.2 Å². The fraction of sp³-hybridized carbons (Fsp3) is 0.941. The summed E-state index contributed by atoms with van der Waals surface area (Å²) >= 11 is 0. The maximum absolute atomic E-state index is 11.7. The van der Waals surface area contributed by atoms with Gasteiger partial charge in [0.15, 0.2) is 0 Å². The summed E-state index contributed by atoms with van der Waals surface area (Å²) in [6, 6.07) is 1.35. The molecule has 2 aliphatic carbocycles. The van der Waals surface area contributed by atoms with E-state index in [1.165, 1.54) is 45.2 Å². The van der Waals surface area contributed by atoms with Gasteiger partial charge in [-0.3, -0.25) is 4.79 Å². The normalized spacial score (nSPS) is 21.8. The quantitative estimate of drug-likeness (QED) is 0.575. The molecule has 2 fully saturated rings. The van der Waals surface area contributed by atoms with Crippen molar-refractivity contribution in [3.05, 3.63) is 0 Å². The van der Waals surface area contributed by atoms with Crippen molar-refractivity contribution in [3.63, 3.8) is 0 Å². The zero-order valence-electron chi connectivity index (χ0n) is 14.0. The van der Waals surface area contributed by atoms with Crippen LogP contribution in [-0.4, -0.2) is 41.5 Å². The Kier molecular flexibility index (Phi) is 5.67. The third-order valence-corrected chi connectivity index (χ3v) is 4.68. The van der Waals surface area contributed by atoms with Crippen LogP contribution < -0.4 is 11.1 Å². The van der Waals surface area contributed by atoms with E-state index in [1.54, 1.807) is 0 Å².